The number of hydrogen-bond donors (Lipinski definition) is 0. The van der Waals surface area contributed by atoms with Gasteiger partial charge in [0.1, 0.15) is 0 Å². The maximum absolute atomic E-state index is 6.40. The minimum Gasteiger partial charge on any atom is -0.454 e. The zero-order valence-electron chi connectivity index (χ0n) is 14.6. The lowest BCUT2D eigenvalue weighted by molar-refractivity contribution is 0.174. The third kappa shape index (κ3) is 3.48. The van der Waals surface area contributed by atoms with Gasteiger partial charge in [-0.05, 0) is 43.3 Å². The number of benzene rings is 2. The third-order valence-electron chi connectivity index (χ3n) is 4.12. The van der Waals surface area contributed by atoms with Crippen molar-refractivity contribution in [3.63, 3.8) is 0 Å². The Kier molecular flexibility index (Phi) is 4.95. The van der Waals surface area contributed by atoms with E-state index >= 15 is 0 Å². The van der Waals surface area contributed by atoms with Crippen LogP contribution < -0.4 is 14.3 Å². The number of aromatic nitrogens is 1. The molecule has 1 aliphatic heterocycles. The van der Waals surface area contributed by atoms with Crippen LogP contribution in [0.4, 0.5) is 0 Å². The smallest absolute Gasteiger partial charge is 0.231 e. The molecule has 1 aromatic heterocycles. The molecule has 8 heteroatoms. The van der Waals surface area contributed by atoms with E-state index in [2.05, 4.69) is 4.99 Å². The van der Waals surface area contributed by atoms with E-state index in [-0.39, 0.29) is 6.79 Å². The van der Waals surface area contributed by atoms with Crippen LogP contribution in [0.15, 0.2) is 51.9 Å². The van der Waals surface area contributed by atoms with E-state index in [0.717, 1.165) is 38.8 Å². The second-order valence-corrected chi connectivity index (χ2v) is 7.50. The van der Waals surface area contributed by atoms with E-state index in [1.54, 1.807) is 17.8 Å². The monoisotopic (exact) mass is 419 g/mol. The second kappa shape index (κ2) is 7.38. The van der Waals surface area contributed by atoms with Crippen molar-refractivity contribution in [1.82, 2.24) is 4.68 Å². The van der Waals surface area contributed by atoms with Crippen molar-refractivity contribution in [1.29, 1.82) is 0 Å². The van der Waals surface area contributed by atoms with Crippen LogP contribution in [0.3, 0.4) is 0 Å². The van der Waals surface area contributed by atoms with Gasteiger partial charge in [0.15, 0.2) is 11.5 Å². The van der Waals surface area contributed by atoms with Gasteiger partial charge in [-0.25, -0.2) is 4.68 Å². The van der Waals surface area contributed by atoms with E-state index in [1.807, 2.05) is 42.6 Å². The predicted molar refractivity (Wildman–Crippen MR) is 109 cm³/mol. The highest BCUT2D eigenvalue weighted by Gasteiger charge is 2.15. The van der Waals surface area contributed by atoms with Crippen molar-refractivity contribution in [2.24, 2.45) is 10.1 Å². The molecule has 3 aromatic rings. The molecular weight excluding hydrogens is 405 g/mol. The summed E-state index contributed by atoms with van der Waals surface area (Å²) in [5.41, 5.74) is 3.44. The van der Waals surface area contributed by atoms with Crippen LogP contribution in [-0.4, -0.2) is 24.2 Å². The topological polar surface area (TPSA) is 48.1 Å². The number of nitrogens with zero attached hydrogens (tertiary/aromatic N) is 3. The summed E-state index contributed by atoms with van der Waals surface area (Å²) in [5.74, 6) is 1.46. The number of thiazole rings is 1. The molecule has 0 fully saturated rings. The van der Waals surface area contributed by atoms with Crippen molar-refractivity contribution in [2.75, 3.05) is 13.8 Å². The van der Waals surface area contributed by atoms with Crippen molar-refractivity contribution in [3.05, 3.63) is 62.2 Å². The fourth-order valence-electron chi connectivity index (χ4n) is 2.76. The number of halogens is 2. The quantitative estimate of drug-likeness (QED) is 0.557. The Hall–Kier alpha value is -2.28. The molecule has 0 spiro atoms. The molecule has 138 valence electrons. The fraction of sp³-hybridized carbons (Fsp3) is 0.158. The molecule has 2 aromatic carbocycles. The molecule has 0 radical (unpaired) electrons. The van der Waals surface area contributed by atoms with E-state index in [4.69, 9.17) is 37.8 Å². The summed E-state index contributed by atoms with van der Waals surface area (Å²) < 4.78 is 12.6. The minimum absolute atomic E-state index is 0.242. The maximum atomic E-state index is 6.40. The predicted octanol–water partition coefficient (Wildman–Crippen LogP) is 5.05. The summed E-state index contributed by atoms with van der Waals surface area (Å²) in [7, 11) is 1.74. The van der Waals surface area contributed by atoms with E-state index < -0.39 is 0 Å². The average molecular weight is 420 g/mol. The Balaban J connectivity index is 1.81. The van der Waals surface area contributed by atoms with Gasteiger partial charge in [-0.15, -0.1) is 11.3 Å². The number of rotatable bonds is 3. The molecule has 0 bridgehead atoms. The maximum Gasteiger partial charge on any atom is 0.231 e. The van der Waals surface area contributed by atoms with Gasteiger partial charge in [0.2, 0.25) is 11.6 Å². The van der Waals surface area contributed by atoms with E-state index in [9.17, 15) is 0 Å². The standard InChI is InChI=1S/C19H15Cl2N3O2S/c1-11(12-3-6-17-18(7-12)26-10-25-17)23-24-16(9-27-19(24)22-2)14-5-4-13(20)8-15(14)21/h3-9H,10H2,1-2H3. The van der Waals surface area contributed by atoms with Gasteiger partial charge in [0.25, 0.3) is 0 Å². The van der Waals surface area contributed by atoms with Gasteiger partial charge in [0.05, 0.1) is 16.4 Å². The molecule has 0 amide bonds. The van der Waals surface area contributed by atoms with Crippen molar-refractivity contribution >= 4 is 40.3 Å². The van der Waals surface area contributed by atoms with Gasteiger partial charge in [-0.3, -0.25) is 4.99 Å². The lowest BCUT2D eigenvalue weighted by Crippen LogP contribution is -2.13. The molecule has 0 saturated carbocycles. The second-order valence-electron chi connectivity index (χ2n) is 5.82. The normalized spacial score (nSPS) is 14.1. The summed E-state index contributed by atoms with van der Waals surface area (Å²) in [4.78, 5) is 5.09. The largest absolute Gasteiger partial charge is 0.454 e. The molecular formula is C19H15Cl2N3O2S. The van der Waals surface area contributed by atoms with Crippen LogP contribution in [0, 0.1) is 0 Å². The van der Waals surface area contributed by atoms with E-state index in [1.165, 1.54) is 11.3 Å². The lowest BCUT2D eigenvalue weighted by Gasteiger charge is -2.08. The Morgan fingerprint density at radius 1 is 1.11 bits per heavy atom. The number of ether oxygens (including phenoxy) is 2. The van der Waals surface area contributed by atoms with Crippen molar-refractivity contribution in [2.45, 2.75) is 6.92 Å². The van der Waals surface area contributed by atoms with Crippen molar-refractivity contribution < 1.29 is 9.47 Å². The highest BCUT2D eigenvalue weighted by molar-refractivity contribution is 7.07. The highest BCUT2D eigenvalue weighted by atomic mass is 35.5. The summed E-state index contributed by atoms with van der Waals surface area (Å²) in [6, 6.07) is 11.2. The molecule has 4 rings (SSSR count). The van der Waals surface area contributed by atoms with Crippen LogP contribution >= 0.6 is 34.5 Å². The van der Waals surface area contributed by atoms with Gasteiger partial charge >= 0.3 is 0 Å². The molecule has 5 nitrogen and oxygen atoms in total. The van der Waals surface area contributed by atoms with Gasteiger partial charge in [-0.2, -0.15) is 5.10 Å². The first kappa shape index (κ1) is 18.1. The summed E-state index contributed by atoms with van der Waals surface area (Å²) >= 11 is 13.9. The summed E-state index contributed by atoms with van der Waals surface area (Å²) in [5, 5.41) is 7.92. The molecule has 0 unspecified atom stereocenters. The number of hydrogen-bond acceptors (Lipinski definition) is 5. The summed E-state index contributed by atoms with van der Waals surface area (Å²) in [6.07, 6.45) is 0. The Morgan fingerprint density at radius 3 is 2.70 bits per heavy atom. The Labute approximate surface area is 170 Å². The first-order valence-electron chi connectivity index (χ1n) is 8.11. The molecule has 0 aliphatic carbocycles. The summed E-state index contributed by atoms with van der Waals surface area (Å²) in [6.45, 7) is 2.18. The van der Waals surface area contributed by atoms with Crippen LogP contribution in [0.25, 0.3) is 11.3 Å². The van der Waals surface area contributed by atoms with Crippen LogP contribution in [0.5, 0.6) is 11.5 Å². The minimum atomic E-state index is 0.242. The van der Waals surface area contributed by atoms with Crippen LogP contribution in [0.2, 0.25) is 10.0 Å². The first-order chi connectivity index (χ1) is 13.1. The van der Waals surface area contributed by atoms with Gasteiger partial charge in [0, 0.05) is 28.6 Å². The molecule has 1 aliphatic rings. The van der Waals surface area contributed by atoms with Gasteiger partial charge < -0.3 is 9.47 Å². The molecule has 2 heterocycles. The third-order valence-corrected chi connectivity index (χ3v) is 5.58. The van der Waals surface area contributed by atoms with Gasteiger partial charge in [-0.1, -0.05) is 23.2 Å². The van der Waals surface area contributed by atoms with Crippen LogP contribution in [-0.2, 0) is 0 Å². The highest BCUT2D eigenvalue weighted by Crippen LogP contribution is 2.33. The van der Waals surface area contributed by atoms with Crippen molar-refractivity contribution in [3.8, 4) is 22.8 Å². The SMILES string of the molecule is CN=c1scc(-c2ccc(Cl)cc2Cl)n1N=C(C)c1ccc2c(c1)OCO2. The zero-order chi connectivity index (χ0) is 19.0. The Morgan fingerprint density at radius 2 is 1.93 bits per heavy atom. The molecule has 0 atom stereocenters. The lowest BCUT2D eigenvalue weighted by atomic mass is 10.1. The first-order valence-corrected chi connectivity index (χ1v) is 9.75. The molecule has 0 saturated heterocycles. The molecule has 0 N–H and O–H groups in total. The Bertz CT molecular complexity index is 1120. The van der Waals surface area contributed by atoms with E-state index in [0.29, 0.717) is 10.0 Å². The zero-order valence-corrected chi connectivity index (χ0v) is 16.9. The average Bonchev–Trinajstić information content (AvgIpc) is 3.27. The fourth-order valence-corrected chi connectivity index (χ4v) is 4.05. The van der Waals surface area contributed by atoms with Crippen LogP contribution in [0.1, 0.15) is 12.5 Å². The number of fused-ring (bicyclic) bond motifs is 1. The molecule has 27 heavy (non-hydrogen) atoms.